The Bertz CT molecular complexity index is 625. The third-order valence-corrected chi connectivity index (χ3v) is 4.11. The topological polar surface area (TPSA) is 66.9 Å². The lowest BCUT2D eigenvalue weighted by Crippen LogP contribution is -2.15. The highest BCUT2D eigenvalue weighted by Gasteiger charge is 2.29. The maximum Gasteiger partial charge on any atom is 0.232 e. The number of fused-ring (bicyclic) bond motifs is 1. The first-order chi connectivity index (χ1) is 9.78. The summed E-state index contributed by atoms with van der Waals surface area (Å²) in [5, 5.41) is 6.99. The van der Waals surface area contributed by atoms with Gasteiger partial charge in [0.25, 0.3) is 0 Å². The lowest BCUT2D eigenvalue weighted by molar-refractivity contribution is -0.117. The van der Waals surface area contributed by atoms with Crippen LogP contribution in [0.4, 0.5) is 10.8 Å². The molecule has 1 atom stereocenters. The molecular formula is C14H16N4OS. The molecule has 20 heavy (non-hydrogen) atoms. The third-order valence-electron chi connectivity index (χ3n) is 3.40. The summed E-state index contributed by atoms with van der Waals surface area (Å²) in [4.78, 5) is 16.3. The van der Waals surface area contributed by atoms with E-state index < -0.39 is 0 Å². The Morgan fingerprint density at radius 1 is 1.40 bits per heavy atom. The van der Waals surface area contributed by atoms with Crippen molar-refractivity contribution in [1.29, 1.82) is 0 Å². The zero-order valence-electron chi connectivity index (χ0n) is 11.2. The summed E-state index contributed by atoms with van der Waals surface area (Å²) < 4.78 is 4.22. The molecule has 1 amide bonds. The minimum Gasteiger partial charge on any atom is -0.360 e. The van der Waals surface area contributed by atoms with Crippen LogP contribution in [0.15, 0.2) is 24.3 Å². The molecule has 6 heteroatoms. The number of carbonyl (C=O) groups is 1. The van der Waals surface area contributed by atoms with E-state index in [0.717, 1.165) is 35.0 Å². The second-order valence-electron chi connectivity index (χ2n) is 4.71. The highest BCUT2D eigenvalue weighted by Crippen LogP contribution is 2.34. The van der Waals surface area contributed by atoms with Crippen molar-refractivity contribution in [1.82, 2.24) is 9.36 Å². The van der Waals surface area contributed by atoms with Gasteiger partial charge in [0.1, 0.15) is 5.82 Å². The van der Waals surface area contributed by atoms with Gasteiger partial charge < -0.3 is 10.6 Å². The standard InChI is InChI=1S/C14H16N4OS/c1-2-12-17-14(20-18-12)15-8-7-10-9-5-3-4-6-11(9)16-13(10)19/h3-6,10H,2,7-8H2,1H3,(H,16,19)(H,15,17,18)/t10-/m0/s1. The van der Waals surface area contributed by atoms with E-state index in [9.17, 15) is 4.79 Å². The molecule has 2 heterocycles. The fourth-order valence-electron chi connectivity index (χ4n) is 2.36. The highest BCUT2D eigenvalue weighted by atomic mass is 32.1. The van der Waals surface area contributed by atoms with Gasteiger partial charge in [-0.05, 0) is 18.1 Å². The van der Waals surface area contributed by atoms with Crippen molar-refractivity contribution in [2.75, 3.05) is 17.2 Å². The molecule has 1 aromatic heterocycles. The highest BCUT2D eigenvalue weighted by molar-refractivity contribution is 7.09. The average Bonchev–Trinajstić information content (AvgIpc) is 3.04. The predicted octanol–water partition coefficient (Wildman–Crippen LogP) is 2.64. The fraction of sp³-hybridized carbons (Fsp3) is 0.357. The van der Waals surface area contributed by atoms with Gasteiger partial charge in [0, 0.05) is 30.2 Å². The van der Waals surface area contributed by atoms with Crippen molar-refractivity contribution in [2.45, 2.75) is 25.7 Å². The number of rotatable bonds is 5. The van der Waals surface area contributed by atoms with Crippen LogP contribution in [0.5, 0.6) is 0 Å². The number of amides is 1. The monoisotopic (exact) mass is 288 g/mol. The maximum atomic E-state index is 12.0. The first-order valence-corrected chi connectivity index (χ1v) is 7.51. The van der Waals surface area contributed by atoms with Crippen molar-refractivity contribution in [3.8, 4) is 0 Å². The van der Waals surface area contributed by atoms with Gasteiger partial charge in [-0.25, -0.2) is 4.98 Å². The molecular weight excluding hydrogens is 272 g/mol. The molecule has 1 aromatic carbocycles. The lowest BCUT2D eigenvalue weighted by Gasteiger charge is -2.08. The van der Waals surface area contributed by atoms with Crippen LogP contribution in [0, 0.1) is 0 Å². The summed E-state index contributed by atoms with van der Waals surface area (Å²) in [6.45, 7) is 2.75. The summed E-state index contributed by atoms with van der Waals surface area (Å²) in [5.41, 5.74) is 2.03. The van der Waals surface area contributed by atoms with E-state index in [0.29, 0.717) is 6.54 Å². The SMILES string of the molecule is CCc1nsc(NCC[C@@H]2C(=O)Nc3ccccc32)n1. The lowest BCUT2D eigenvalue weighted by atomic mass is 9.97. The van der Waals surface area contributed by atoms with Crippen LogP contribution in [-0.2, 0) is 11.2 Å². The molecule has 0 saturated heterocycles. The van der Waals surface area contributed by atoms with Crippen LogP contribution < -0.4 is 10.6 Å². The second-order valence-corrected chi connectivity index (χ2v) is 5.47. The maximum absolute atomic E-state index is 12.0. The van der Waals surface area contributed by atoms with Gasteiger partial charge in [-0.1, -0.05) is 25.1 Å². The zero-order chi connectivity index (χ0) is 13.9. The van der Waals surface area contributed by atoms with E-state index in [-0.39, 0.29) is 11.8 Å². The molecule has 104 valence electrons. The molecule has 2 N–H and O–H groups in total. The molecule has 0 fully saturated rings. The molecule has 3 rings (SSSR count). The van der Waals surface area contributed by atoms with Gasteiger partial charge in [-0.2, -0.15) is 4.37 Å². The minimum absolute atomic E-state index is 0.0720. The molecule has 2 aromatic rings. The largest absolute Gasteiger partial charge is 0.360 e. The summed E-state index contributed by atoms with van der Waals surface area (Å²) in [5.74, 6) is 0.873. The van der Waals surface area contributed by atoms with E-state index in [1.165, 1.54) is 11.5 Å². The van der Waals surface area contributed by atoms with Gasteiger partial charge in [0.15, 0.2) is 0 Å². The second kappa shape index (κ2) is 5.58. The summed E-state index contributed by atoms with van der Waals surface area (Å²) in [6.07, 6.45) is 1.60. The van der Waals surface area contributed by atoms with Gasteiger partial charge in [0.05, 0.1) is 5.92 Å². The first-order valence-electron chi connectivity index (χ1n) is 6.74. The molecule has 0 radical (unpaired) electrons. The fourth-order valence-corrected chi connectivity index (χ4v) is 3.03. The Balaban J connectivity index is 1.60. The van der Waals surface area contributed by atoms with E-state index in [1.54, 1.807) is 0 Å². The molecule has 1 aliphatic heterocycles. The number of hydrogen-bond donors (Lipinski definition) is 2. The van der Waals surface area contributed by atoms with Crippen LogP contribution in [-0.4, -0.2) is 21.8 Å². The number of aromatic nitrogens is 2. The Labute approximate surface area is 121 Å². The Hall–Kier alpha value is -1.95. The van der Waals surface area contributed by atoms with E-state index in [2.05, 4.69) is 20.0 Å². The Morgan fingerprint density at radius 2 is 2.25 bits per heavy atom. The van der Waals surface area contributed by atoms with Crippen LogP contribution >= 0.6 is 11.5 Å². The molecule has 5 nitrogen and oxygen atoms in total. The molecule has 0 aliphatic carbocycles. The summed E-state index contributed by atoms with van der Waals surface area (Å²) in [6, 6.07) is 7.86. The van der Waals surface area contributed by atoms with Gasteiger partial charge in [0.2, 0.25) is 11.0 Å². The number of benzene rings is 1. The first kappa shape index (κ1) is 13.1. The number of nitrogens with one attached hydrogen (secondary N) is 2. The number of carbonyl (C=O) groups excluding carboxylic acids is 1. The van der Waals surface area contributed by atoms with Crippen molar-refractivity contribution in [3.05, 3.63) is 35.7 Å². The number of aryl methyl sites for hydroxylation is 1. The van der Waals surface area contributed by atoms with E-state index in [4.69, 9.17) is 0 Å². The number of para-hydroxylation sites is 1. The van der Waals surface area contributed by atoms with Crippen molar-refractivity contribution >= 4 is 28.3 Å². The van der Waals surface area contributed by atoms with E-state index >= 15 is 0 Å². The van der Waals surface area contributed by atoms with Crippen LogP contribution in [0.25, 0.3) is 0 Å². The average molecular weight is 288 g/mol. The quantitative estimate of drug-likeness (QED) is 0.887. The molecule has 0 bridgehead atoms. The van der Waals surface area contributed by atoms with Gasteiger partial charge in [-0.15, -0.1) is 0 Å². The summed E-state index contributed by atoms with van der Waals surface area (Å²) >= 11 is 1.37. The Kier molecular flexibility index (Phi) is 3.64. The number of hydrogen-bond acceptors (Lipinski definition) is 5. The van der Waals surface area contributed by atoms with E-state index in [1.807, 2.05) is 31.2 Å². The number of nitrogens with zero attached hydrogens (tertiary/aromatic N) is 2. The van der Waals surface area contributed by atoms with Crippen LogP contribution in [0.2, 0.25) is 0 Å². The van der Waals surface area contributed by atoms with Crippen molar-refractivity contribution < 1.29 is 4.79 Å². The van der Waals surface area contributed by atoms with Crippen molar-refractivity contribution in [3.63, 3.8) is 0 Å². The third kappa shape index (κ3) is 2.51. The Morgan fingerprint density at radius 3 is 3.05 bits per heavy atom. The van der Waals surface area contributed by atoms with Crippen molar-refractivity contribution in [2.24, 2.45) is 0 Å². The molecule has 0 saturated carbocycles. The zero-order valence-corrected chi connectivity index (χ0v) is 12.0. The minimum atomic E-state index is -0.0720. The molecule has 0 unspecified atom stereocenters. The summed E-state index contributed by atoms with van der Waals surface area (Å²) in [7, 11) is 0. The number of anilines is 2. The van der Waals surface area contributed by atoms with Crippen LogP contribution in [0.3, 0.4) is 0 Å². The normalized spacial score (nSPS) is 16.9. The van der Waals surface area contributed by atoms with Gasteiger partial charge in [-0.3, -0.25) is 4.79 Å². The van der Waals surface area contributed by atoms with Gasteiger partial charge >= 0.3 is 0 Å². The van der Waals surface area contributed by atoms with Crippen LogP contribution in [0.1, 0.15) is 30.7 Å². The smallest absolute Gasteiger partial charge is 0.232 e. The molecule has 1 aliphatic rings. The molecule has 0 spiro atoms. The predicted molar refractivity (Wildman–Crippen MR) is 80.2 cm³/mol.